The zero-order valence-electron chi connectivity index (χ0n) is 11.1. The normalized spacial score (nSPS) is 49.4. The highest BCUT2D eigenvalue weighted by molar-refractivity contribution is 5.50. The zero-order chi connectivity index (χ0) is 12.7. The molecule has 2 heterocycles. The average molecular weight is 257 g/mol. The molecule has 4 aliphatic rings. The summed E-state index contributed by atoms with van der Waals surface area (Å²) in [6.45, 7) is 3.18. The van der Waals surface area contributed by atoms with Crippen LogP contribution in [0.2, 0.25) is 0 Å². The van der Waals surface area contributed by atoms with Gasteiger partial charge in [0.25, 0.3) is 0 Å². The van der Waals surface area contributed by atoms with Crippen LogP contribution in [0.1, 0.15) is 12.0 Å². The van der Waals surface area contributed by atoms with E-state index in [1.54, 1.807) is 0 Å². The monoisotopic (exact) mass is 257 g/mol. The van der Waals surface area contributed by atoms with Crippen LogP contribution >= 0.6 is 0 Å². The summed E-state index contributed by atoms with van der Waals surface area (Å²) >= 11 is 0. The molecule has 1 N–H and O–H groups in total. The summed E-state index contributed by atoms with van der Waals surface area (Å²) in [6, 6.07) is 8.75. The second-order valence-electron chi connectivity index (χ2n) is 6.77. The predicted molar refractivity (Wildman–Crippen MR) is 71.8 cm³/mol. The molecule has 1 aromatic carbocycles. The molecule has 7 atom stereocenters. The highest BCUT2D eigenvalue weighted by Crippen LogP contribution is 2.63. The fraction of sp³-hybridized carbons (Fsp3) is 0.625. The van der Waals surface area contributed by atoms with Crippen molar-refractivity contribution in [2.75, 3.05) is 11.4 Å². The molecule has 2 saturated carbocycles. The van der Waals surface area contributed by atoms with E-state index in [1.165, 1.54) is 17.7 Å². The van der Waals surface area contributed by atoms with Crippen molar-refractivity contribution in [3.8, 4) is 0 Å². The first kappa shape index (κ1) is 10.7. The van der Waals surface area contributed by atoms with Crippen LogP contribution < -0.4 is 4.90 Å². The van der Waals surface area contributed by atoms with Gasteiger partial charge in [-0.25, -0.2) is 0 Å². The molecule has 0 aromatic heterocycles. The van der Waals surface area contributed by atoms with E-state index in [2.05, 4.69) is 36.1 Å². The number of benzene rings is 1. The Labute approximate surface area is 113 Å². The fourth-order valence-electron chi connectivity index (χ4n) is 5.21. The average Bonchev–Trinajstić information content (AvgIpc) is 3.07. The van der Waals surface area contributed by atoms with Gasteiger partial charge < -0.3 is 14.7 Å². The number of hydrogen-bond acceptors (Lipinski definition) is 3. The largest absolute Gasteiger partial charge is 0.390 e. The maximum absolute atomic E-state index is 10.3. The third-order valence-electron chi connectivity index (χ3n) is 5.99. The second kappa shape index (κ2) is 3.33. The van der Waals surface area contributed by atoms with Crippen LogP contribution in [0.15, 0.2) is 24.3 Å². The number of hydrogen-bond donors (Lipinski definition) is 1. The number of aliphatic hydroxyl groups is 1. The molecule has 3 nitrogen and oxygen atoms in total. The molecule has 2 aliphatic carbocycles. The van der Waals surface area contributed by atoms with Gasteiger partial charge in [0.15, 0.2) is 0 Å². The number of aryl methyl sites for hydroxylation is 1. The van der Waals surface area contributed by atoms with Crippen molar-refractivity contribution in [1.29, 1.82) is 0 Å². The Hall–Kier alpha value is -1.06. The Bertz CT molecular complexity index is 528. The lowest BCUT2D eigenvalue weighted by Crippen LogP contribution is -2.40. The zero-order valence-corrected chi connectivity index (χ0v) is 11.1. The molecule has 100 valence electrons. The van der Waals surface area contributed by atoms with Crippen LogP contribution in [-0.2, 0) is 4.74 Å². The Kier molecular flexibility index (Phi) is 1.88. The summed E-state index contributed by atoms with van der Waals surface area (Å²) in [5.41, 5.74) is 2.58. The third-order valence-corrected chi connectivity index (χ3v) is 5.99. The summed E-state index contributed by atoms with van der Waals surface area (Å²) in [7, 11) is 0. The van der Waals surface area contributed by atoms with Crippen molar-refractivity contribution in [3.05, 3.63) is 29.8 Å². The van der Waals surface area contributed by atoms with Crippen LogP contribution in [0.5, 0.6) is 0 Å². The topological polar surface area (TPSA) is 32.7 Å². The number of rotatable bonds is 1. The fourth-order valence-corrected chi connectivity index (χ4v) is 5.21. The van der Waals surface area contributed by atoms with E-state index in [0.29, 0.717) is 23.7 Å². The molecule has 0 amide bonds. The Morgan fingerprint density at radius 2 is 1.95 bits per heavy atom. The summed E-state index contributed by atoms with van der Waals surface area (Å²) in [4.78, 5) is 2.43. The molecule has 2 aliphatic heterocycles. The maximum atomic E-state index is 10.3. The van der Waals surface area contributed by atoms with Gasteiger partial charge in [-0.3, -0.25) is 0 Å². The van der Waals surface area contributed by atoms with Gasteiger partial charge in [0.2, 0.25) is 0 Å². The number of ether oxygens (including phenoxy) is 1. The molecule has 19 heavy (non-hydrogen) atoms. The predicted octanol–water partition coefficient (Wildman–Crippen LogP) is 1.78. The van der Waals surface area contributed by atoms with Gasteiger partial charge in [0, 0.05) is 18.2 Å². The van der Waals surface area contributed by atoms with Crippen LogP contribution in [0.25, 0.3) is 0 Å². The summed E-state index contributed by atoms with van der Waals surface area (Å²) in [6.07, 6.45) is 1.32. The number of anilines is 1. The molecular formula is C16H19NO2. The minimum Gasteiger partial charge on any atom is -0.390 e. The van der Waals surface area contributed by atoms with E-state index in [0.717, 1.165) is 6.54 Å². The molecule has 2 bridgehead atoms. The molecule has 0 spiro atoms. The van der Waals surface area contributed by atoms with Gasteiger partial charge in [-0.15, -0.1) is 0 Å². The SMILES string of the molecule is Cc1ccc(N2CC3C4CC5C(OC2C35)C4O)cc1. The van der Waals surface area contributed by atoms with Crippen LogP contribution in [0, 0.1) is 30.6 Å². The molecule has 1 aromatic rings. The highest BCUT2D eigenvalue weighted by Gasteiger charge is 2.69. The van der Waals surface area contributed by atoms with Crippen LogP contribution in [0.3, 0.4) is 0 Å². The highest BCUT2D eigenvalue weighted by atomic mass is 16.5. The van der Waals surface area contributed by atoms with Gasteiger partial charge in [-0.1, -0.05) is 17.7 Å². The Balaban J connectivity index is 1.52. The third kappa shape index (κ3) is 1.17. The van der Waals surface area contributed by atoms with Gasteiger partial charge in [-0.2, -0.15) is 0 Å². The van der Waals surface area contributed by atoms with Gasteiger partial charge in [-0.05, 0) is 43.2 Å². The standard InChI is InChI=1S/C16H19NO2/c1-8-2-4-9(5-3-8)17-7-12-10-6-11-13(12)16(17)19-15(11)14(10)18/h2-5,10-16,18H,6-7H2,1H3. The minimum atomic E-state index is -0.198. The second-order valence-corrected chi connectivity index (χ2v) is 6.77. The van der Waals surface area contributed by atoms with Crippen molar-refractivity contribution in [2.24, 2.45) is 23.7 Å². The Morgan fingerprint density at radius 3 is 2.74 bits per heavy atom. The molecule has 3 heteroatoms. The van der Waals surface area contributed by atoms with Crippen LogP contribution in [0.4, 0.5) is 5.69 Å². The lowest BCUT2D eigenvalue weighted by Gasteiger charge is -2.31. The van der Waals surface area contributed by atoms with E-state index in [9.17, 15) is 5.11 Å². The van der Waals surface area contributed by atoms with E-state index in [4.69, 9.17) is 4.74 Å². The van der Waals surface area contributed by atoms with Crippen molar-refractivity contribution < 1.29 is 9.84 Å². The van der Waals surface area contributed by atoms with Gasteiger partial charge >= 0.3 is 0 Å². The summed E-state index contributed by atoms with van der Waals surface area (Å²) in [5, 5.41) is 10.3. The van der Waals surface area contributed by atoms with E-state index < -0.39 is 0 Å². The van der Waals surface area contributed by atoms with Gasteiger partial charge in [0.05, 0.1) is 12.2 Å². The summed E-state index contributed by atoms with van der Waals surface area (Å²) in [5.74, 6) is 2.41. The quantitative estimate of drug-likeness (QED) is 0.832. The Morgan fingerprint density at radius 1 is 1.16 bits per heavy atom. The van der Waals surface area contributed by atoms with Crippen molar-refractivity contribution >= 4 is 5.69 Å². The first-order valence-electron chi connectivity index (χ1n) is 7.41. The number of fused-ring (bicyclic) bond motifs is 2. The smallest absolute Gasteiger partial charge is 0.134 e. The first-order chi connectivity index (χ1) is 9.24. The lowest BCUT2D eigenvalue weighted by molar-refractivity contribution is -0.0444. The number of nitrogens with zero attached hydrogens (tertiary/aromatic N) is 1. The molecule has 5 rings (SSSR count). The van der Waals surface area contributed by atoms with E-state index in [-0.39, 0.29) is 18.4 Å². The van der Waals surface area contributed by atoms with Gasteiger partial charge in [0.1, 0.15) is 6.23 Å². The van der Waals surface area contributed by atoms with Crippen molar-refractivity contribution in [2.45, 2.75) is 31.8 Å². The first-order valence-corrected chi connectivity index (χ1v) is 7.41. The van der Waals surface area contributed by atoms with Crippen molar-refractivity contribution in [1.82, 2.24) is 0 Å². The molecular weight excluding hydrogens is 238 g/mol. The molecule has 2 saturated heterocycles. The summed E-state index contributed by atoms with van der Waals surface area (Å²) < 4.78 is 6.22. The number of aliphatic hydroxyl groups excluding tert-OH is 1. The van der Waals surface area contributed by atoms with Crippen LogP contribution in [-0.4, -0.2) is 30.1 Å². The molecule has 0 radical (unpaired) electrons. The minimum absolute atomic E-state index is 0.115. The lowest BCUT2D eigenvalue weighted by atomic mass is 9.80. The van der Waals surface area contributed by atoms with Crippen molar-refractivity contribution in [3.63, 3.8) is 0 Å². The van der Waals surface area contributed by atoms with E-state index >= 15 is 0 Å². The maximum Gasteiger partial charge on any atom is 0.134 e. The van der Waals surface area contributed by atoms with E-state index in [1.807, 2.05) is 0 Å². The molecule has 4 fully saturated rings. The molecule has 7 unspecified atom stereocenters.